The molecule has 1 aromatic rings. The van der Waals surface area contributed by atoms with Crippen molar-refractivity contribution in [2.75, 3.05) is 26.8 Å². The third-order valence-electron chi connectivity index (χ3n) is 2.96. The number of carbonyl (C=O) groups is 1. The summed E-state index contributed by atoms with van der Waals surface area (Å²) < 4.78 is 18.7. The van der Waals surface area contributed by atoms with Crippen molar-refractivity contribution in [1.82, 2.24) is 10.2 Å². The van der Waals surface area contributed by atoms with E-state index in [2.05, 4.69) is 5.32 Å². The van der Waals surface area contributed by atoms with Crippen LogP contribution < -0.4 is 5.32 Å². The molecule has 6 heteroatoms. The van der Waals surface area contributed by atoms with Gasteiger partial charge >= 0.3 is 0 Å². The predicted octanol–water partition coefficient (Wildman–Crippen LogP) is 1.19. The van der Waals surface area contributed by atoms with Crippen molar-refractivity contribution in [3.05, 3.63) is 35.6 Å². The highest BCUT2D eigenvalue weighted by atomic mass is 35.5. The van der Waals surface area contributed by atoms with Gasteiger partial charge in [-0.15, -0.1) is 12.4 Å². The lowest BCUT2D eigenvalue weighted by atomic mass is 10.2. The quantitative estimate of drug-likeness (QED) is 0.909. The number of hydrogen-bond donors (Lipinski definition) is 1. The average Bonchev–Trinajstić information content (AvgIpc) is 2.41. The van der Waals surface area contributed by atoms with Crippen LogP contribution in [-0.4, -0.2) is 43.7 Å². The zero-order valence-corrected chi connectivity index (χ0v) is 11.6. The van der Waals surface area contributed by atoms with Crippen LogP contribution in [0.4, 0.5) is 4.39 Å². The molecule has 0 spiro atoms. The number of morpholine rings is 1. The molecule has 0 bridgehead atoms. The van der Waals surface area contributed by atoms with E-state index >= 15 is 0 Å². The predicted molar refractivity (Wildman–Crippen MR) is 72.7 cm³/mol. The van der Waals surface area contributed by atoms with Gasteiger partial charge < -0.3 is 15.0 Å². The number of halogens is 2. The Labute approximate surface area is 118 Å². The van der Waals surface area contributed by atoms with Gasteiger partial charge in [0, 0.05) is 25.7 Å². The smallest absolute Gasteiger partial charge is 0.242 e. The molecule has 0 saturated carbocycles. The number of carbonyl (C=O) groups excluding carboxylic acids is 1. The molecule has 0 aromatic heterocycles. The Hall–Kier alpha value is -1.17. The number of hydrogen-bond acceptors (Lipinski definition) is 3. The van der Waals surface area contributed by atoms with Crippen LogP contribution in [0.2, 0.25) is 0 Å². The lowest BCUT2D eigenvalue weighted by molar-refractivity contribution is -0.135. The number of ether oxygens (including phenoxy) is 1. The van der Waals surface area contributed by atoms with E-state index in [1.54, 1.807) is 25.2 Å². The van der Waals surface area contributed by atoms with Gasteiger partial charge in [0.2, 0.25) is 5.91 Å². The standard InChI is InChI=1S/C13H17FN2O2.ClH/c1-16(8-10-4-2-3-5-11(10)14)13(17)12-9-18-7-6-15-12;/h2-5,12,15H,6-9H2,1H3;1H. The maximum Gasteiger partial charge on any atom is 0.242 e. The summed E-state index contributed by atoms with van der Waals surface area (Å²) in [5.41, 5.74) is 0.519. The molecule has 1 unspecified atom stereocenters. The van der Waals surface area contributed by atoms with Gasteiger partial charge in [-0.2, -0.15) is 0 Å². The molecule has 19 heavy (non-hydrogen) atoms. The fourth-order valence-corrected chi connectivity index (χ4v) is 1.95. The summed E-state index contributed by atoms with van der Waals surface area (Å²) in [6.07, 6.45) is 0. The van der Waals surface area contributed by atoms with E-state index in [-0.39, 0.29) is 36.7 Å². The Morgan fingerprint density at radius 2 is 2.26 bits per heavy atom. The van der Waals surface area contributed by atoms with Crippen molar-refractivity contribution >= 4 is 18.3 Å². The van der Waals surface area contributed by atoms with Crippen molar-refractivity contribution in [1.29, 1.82) is 0 Å². The van der Waals surface area contributed by atoms with E-state index in [0.29, 0.717) is 25.3 Å². The summed E-state index contributed by atoms with van der Waals surface area (Å²) >= 11 is 0. The monoisotopic (exact) mass is 288 g/mol. The molecule has 106 valence electrons. The molecule has 1 amide bonds. The van der Waals surface area contributed by atoms with Gasteiger partial charge in [-0.3, -0.25) is 4.79 Å². The molecule has 0 radical (unpaired) electrons. The van der Waals surface area contributed by atoms with Crippen molar-refractivity contribution in [3.63, 3.8) is 0 Å². The first-order valence-electron chi connectivity index (χ1n) is 5.98. The fraction of sp³-hybridized carbons (Fsp3) is 0.462. The minimum atomic E-state index is -0.324. The van der Waals surface area contributed by atoms with E-state index in [4.69, 9.17) is 4.74 Å². The maximum atomic E-state index is 13.5. The van der Waals surface area contributed by atoms with Gasteiger partial charge in [-0.1, -0.05) is 18.2 Å². The molecular formula is C13H18ClFN2O2. The molecule has 0 aliphatic carbocycles. The fourth-order valence-electron chi connectivity index (χ4n) is 1.95. The third kappa shape index (κ3) is 4.16. The van der Waals surface area contributed by atoms with Crippen molar-refractivity contribution in [2.24, 2.45) is 0 Å². The molecule has 1 atom stereocenters. The Kier molecular flexibility index (Phi) is 6.21. The second-order valence-corrected chi connectivity index (χ2v) is 4.37. The van der Waals surface area contributed by atoms with Crippen LogP contribution in [0.25, 0.3) is 0 Å². The highest BCUT2D eigenvalue weighted by molar-refractivity contribution is 5.85. The van der Waals surface area contributed by atoms with Crippen LogP contribution in [0.15, 0.2) is 24.3 Å². The van der Waals surface area contributed by atoms with Gasteiger partial charge in [0.05, 0.1) is 13.2 Å². The van der Waals surface area contributed by atoms with Crippen molar-refractivity contribution in [3.8, 4) is 0 Å². The Morgan fingerprint density at radius 3 is 2.89 bits per heavy atom. The van der Waals surface area contributed by atoms with Crippen LogP contribution in [0, 0.1) is 5.82 Å². The van der Waals surface area contributed by atoms with Gasteiger partial charge in [0.25, 0.3) is 0 Å². The Morgan fingerprint density at radius 1 is 1.53 bits per heavy atom. The number of amides is 1. The lowest BCUT2D eigenvalue weighted by Crippen LogP contribution is -2.51. The summed E-state index contributed by atoms with van der Waals surface area (Å²) in [5.74, 6) is -0.358. The molecule has 1 aliphatic heterocycles. The Balaban J connectivity index is 0.00000180. The van der Waals surface area contributed by atoms with E-state index < -0.39 is 0 Å². The number of benzene rings is 1. The molecule has 2 rings (SSSR count). The molecule has 1 N–H and O–H groups in total. The van der Waals surface area contributed by atoms with E-state index in [1.807, 2.05) is 0 Å². The van der Waals surface area contributed by atoms with Crippen LogP contribution in [-0.2, 0) is 16.1 Å². The second-order valence-electron chi connectivity index (χ2n) is 4.37. The minimum absolute atomic E-state index is 0. The summed E-state index contributed by atoms with van der Waals surface area (Å²) in [6, 6.07) is 6.16. The van der Waals surface area contributed by atoms with Crippen LogP contribution in [0.5, 0.6) is 0 Å². The maximum absolute atomic E-state index is 13.5. The third-order valence-corrected chi connectivity index (χ3v) is 2.96. The number of likely N-dealkylation sites (N-methyl/N-ethyl adjacent to an activating group) is 1. The molecule has 1 heterocycles. The second kappa shape index (κ2) is 7.43. The van der Waals surface area contributed by atoms with Crippen LogP contribution in [0.1, 0.15) is 5.56 Å². The van der Waals surface area contributed by atoms with Gasteiger partial charge in [0.15, 0.2) is 0 Å². The average molecular weight is 289 g/mol. The summed E-state index contributed by atoms with van der Waals surface area (Å²) in [5, 5.41) is 3.09. The van der Waals surface area contributed by atoms with Gasteiger partial charge in [-0.25, -0.2) is 4.39 Å². The van der Waals surface area contributed by atoms with Crippen LogP contribution >= 0.6 is 12.4 Å². The molecule has 1 aliphatic rings. The lowest BCUT2D eigenvalue weighted by Gasteiger charge is -2.27. The molecule has 1 saturated heterocycles. The zero-order chi connectivity index (χ0) is 13.0. The first-order valence-corrected chi connectivity index (χ1v) is 5.98. The number of rotatable bonds is 3. The highest BCUT2D eigenvalue weighted by Gasteiger charge is 2.24. The largest absolute Gasteiger partial charge is 0.378 e. The van der Waals surface area contributed by atoms with Crippen LogP contribution in [0.3, 0.4) is 0 Å². The highest BCUT2D eigenvalue weighted by Crippen LogP contribution is 2.10. The number of nitrogens with one attached hydrogen (secondary N) is 1. The molecule has 4 nitrogen and oxygen atoms in total. The molecule has 1 fully saturated rings. The first kappa shape index (κ1) is 15.9. The summed E-state index contributed by atoms with van der Waals surface area (Å²) in [7, 11) is 1.67. The molecule has 1 aromatic carbocycles. The number of nitrogens with zero attached hydrogens (tertiary/aromatic N) is 1. The van der Waals surface area contributed by atoms with Crippen molar-refractivity contribution < 1.29 is 13.9 Å². The first-order chi connectivity index (χ1) is 8.68. The Bertz CT molecular complexity index is 425. The van der Waals surface area contributed by atoms with E-state index in [9.17, 15) is 9.18 Å². The SMILES string of the molecule is CN(Cc1ccccc1F)C(=O)C1COCCN1.Cl. The zero-order valence-electron chi connectivity index (χ0n) is 10.8. The summed E-state index contributed by atoms with van der Waals surface area (Å²) in [6.45, 7) is 1.94. The molecular weight excluding hydrogens is 271 g/mol. The topological polar surface area (TPSA) is 41.6 Å². The van der Waals surface area contributed by atoms with E-state index in [1.165, 1.54) is 11.0 Å². The normalized spacial score (nSPS) is 18.5. The van der Waals surface area contributed by atoms with Gasteiger partial charge in [0.1, 0.15) is 11.9 Å². The minimum Gasteiger partial charge on any atom is -0.378 e. The van der Waals surface area contributed by atoms with Gasteiger partial charge in [-0.05, 0) is 6.07 Å². The van der Waals surface area contributed by atoms with Crippen molar-refractivity contribution in [2.45, 2.75) is 12.6 Å². The van der Waals surface area contributed by atoms with E-state index in [0.717, 1.165) is 0 Å². The summed E-state index contributed by atoms with van der Waals surface area (Å²) in [4.78, 5) is 13.6.